The highest BCUT2D eigenvalue weighted by atomic mass is 16.5. The molecule has 2 atom stereocenters. The average molecular weight is 284 g/mol. The Morgan fingerprint density at radius 2 is 1.95 bits per heavy atom. The molecule has 0 spiro atoms. The Morgan fingerprint density at radius 3 is 2.50 bits per heavy atom. The van der Waals surface area contributed by atoms with Crippen LogP contribution in [0.1, 0.15) is 32.6 Å². The van der Waals surface area contributed by atoms with Gasteiger partial charge in [-0.2, -0.15) is 0 Å². The van der Waals surface area contributed by atoms with Crippen LogP contribution in [0.4, 0.5) is 0 Å². The molecular weight excluding hydrogens is 260 g/mol. The van der Waals surface area contributed by atoms with E-state index in [9.17, 15) is 9.59 Å². The maximum atomic E-state index is 12.3. The number of nitrogens with zero attached hydrogens (tertiary/aromatic N) is 1. The summed E-state index contributed by atoms with van der Waals surface area (Å²) in [6.07, 6.45) is 2.63. The third kappa shape index (κ3) is 3.49. The zero-order valence-electron chi connectivity index (χ0n) is 12.0. The minimum absolute atomic E-state index is 0.0148. The number of carbonyl (C=O) groups excluding carboxylic acids is 2. The maximum Gasteiger partial charge on any atom is 0.309 e. The van der Waals surface area contributed by atoms with Crippen molar-refractivity contribution in [3.63, 3.8) is 0 Å². The van der Waals surface area contributed by atoms with Crippen molar-refractivity contribution in [2.24, 2.45) is 11.7 Å². The lowest BCUT2D eigenvalue weighted by Crippen LogP contribution is -2.45. The summed E-state index contributed by atoms with van der Waals surface area (Å²) in [6.45, 7) is 3.90. The fourth-order valence-corrected chi connectivity index (χ4v) is 2.86. The number of amides is 1. The summed E-state index contributed by atoms with van der Waals surface area (Å²) in [5.74, 6) is -0.163. The van der Waals surface area contributed by atoms with Crippen LogP contribution in [0, 0.1) is 5.92 Å². The number of carbonyl (C=O) groups is 2. The molecule has 0 bridgehead atoms. The van der Waals surface area contributed by atoms with Crippen LogP contribution in [-0.4, -0.2) is 55.2 Å². The number of piperidine rings is 1. The van der Waals surface area contributed by atoms with Crippen molar-refractivity contribution in [2.45, 2.75) is 44.8 Å². The van der Waals surface area contributed by atoms with E-state index in [-0.39, 0.29) is 30.0 Å². The van der Waals surface area contributed by atoms with E-state index in [0.717, 1.165) is 12.8 Å². The van der Waals surface area contributed by atoms with Crippen LogP contribution >= 0.6 is 0 Å². The van der Waals surface area contributed by atoms with Crippen molar-refractivity contribution in [1.29, 1.82) is 0 Å². The van der Waals surface area contributed by atoms with Gasteiger partial charge in [0.15, 0.2) is 0 Å². The largest absolute Gasteiger partial charge is 0.466 e. The van der Waals surface area contributed by atoms with E-state index in [2.05, 4.69) is 0 Å². The van der Waals surface area contributed by atoms with Gasteiger partial charge in [0.2, 0.25) is 0 Å². The fourth-order valence-electron chi connectivity index (χ4n) is 2.86. The first-order chi connectivity index (χ1) is 9.65. The van der Waals surface area contributed by atoms with Gasteiger partial charge in [0, 0.05) is 19.6 Å². The average Bonchev–Trinajstić information content (AvgIpc) is 2.96. The van der Waals surface area contributed by atoms with Gasteiger partial charge >= 0.3 is 5.97 Å². The van der Waals surface area contributed by atoms with Crippen LogP contribution in [0.3, 0.4) is 0 Å². The molecule has 2 rings (SSSR count). The Labute approximate surface area is 119 Å². The number of hydrogen-bond acceptors (Lipinski definition) is 5. The molecule has 2 aliphatic heterocycles. The van der Waals surface area contributed by atoms with Crippen molar-refractivity contribution in [3.05, 3.63) is 0 Å². The standard InChI is InChI=1S/C14H24N2O4/c1-2-19-14(18)10-5-7-16(8-6-10)13(17)12-4-3-11(9-15)20-12/h10-12H,2-9,15H2,1H3. The lowest BCUT2D eigenvalue weighted by Gasteiger charge is -2.32. The zero-order chi connectivity index (χ0) is 14.5. The van der Waals surface area contributed by atoms with Gasteiger partial charge in [0.1, 0.15) is 6.10 Å². The number of esters is 1. The number of rotatable bonds is 4. The molecule has 0 aromatic rings. The van der Waals surface area contributed by atoms with E-state index < -0.39 is 0 Å². The van der Waals surface area contributed by atoms with Gasteiger partial charge in [-0.05, 0) is 32.6 Å². The molecule has 1 amide bonds. The van der Waals surface area contributed by atoms with Crippen LogP contribution < -0.4 is 5.73 Å². The molecule has 0 aromatic carbocycles. The van der Waals surface area contributed by atoms with Crippen molar-refractivity contribution in [1.82, 2.24) is 4.90 Å². The Morgan fingerprint density at radius 1 is 1.25 bits per heavy atom. The minimum atomic E-state index is -0.345. The van der Waals surface area contributed by atoms with Crippen molar-refractivity contribution in [3.8, 4) is 0 Å². The maximum absolute atomic E-state index is 12.3. The second-order valence-electron chi connectivity index (χ2n) is 5.41. The molecule has 2 aliphatic rings. The van der Waals surface area contributed by atoms with Crippen molar-refractivity contribution >= 4 is 11.9 Å². The number of nitrogens with two attached hydrogens (primary N) is 1. The summed E-state index contributed by atoms with van der Waals surface area (Å²) in [4.78, 5) is 25.8. The second kappa shape index (κ2) is 7.04. The van der Waals surface area contributed by atoms with Crippen molar-refractivity contribution < 1.29 is 19.1 Å². The van der Waals surface area contributed by atoms with Gasteiger partial charge in [0.05, 0.1) is 18.6 Å². The third-order valence-corrected chi connectivity index (χ3v) is 4.07. The Hall–Kier alpha value is -1.14. The Kier molecular flexibility index (Phi) is 5.37. The molecule has 2 unspecified atom stereocenters. The molecule has 2 N–H and O–H groups in total. The summed E-state index contributed by atoms with van der Waals surface area (Å²) < 4.78 is 10.7. The lowest BCUT2D eigenvalue weighted by molar-refractivity contribution is -0.153. The number of likely N-dealkylation sites (tertiary alicyclic amines) is 1. The molecular formula is C14H24N2O4. The predicted octanol–water partition coefficient (Wildman–Crippen LogP) is 0.294. The summed E-state index contributed by atoms with van der Waals surface area (Å²) in [5, 5.41) is 0. The van der Waals surface area contributed by atoms with Gasteiger partial charge in [0.25, 0.3) is 5.91 Å². The lowest BCUT2D eigenvalue weighted by atomic mass is 9.96. The monoisotopic (exact) mass is 284 g/mol. The molecule has 2 fully saturated rings. The molecule has 0 aliphatic carbocycles. The normalized spacial score (nSPS) is 27.6. The van der Waals surface area contributed by atoms with Gasteiger partial charge in [-0.3, -0.25) is 9.59 Å². The first-order valence-corrected chi connectivity index (χ1v) is 7.46. The predicted molar refractivity (Wildman–Crippen MR) is 72.9 cm³/mol. The SMILES string of the molecule is CCOC(=O)C1CCN(C(=O)C2CCC(CN)O2)CC1. The summed E-state index contributed by atoms with van der Waals surface area (Å²) in [7, 11) is 0. The Bertz CT molecular complexity index is 353. The highest BCUT2D eigenvalue weighted by Crippen LogP contribution is 2.24. The Balaban J connectivity index is 1.79. The molecule has 0 aromatic heterocycles. The van der Waals surface area contributed by atoms with E-state index in [1.807, 2.05) is 6.92 Å². The third-order valence-electron chi connectivity index (χ3n) is 4.07. The van der Waals surface area contributed by atoms with Gasteiger partial charge < -0.3 is 20.1 Å². The van der Waals surface area contributed by atoms with E-state index in [1.165, 1.54) is 0 Å². The molecule has 6 heteroatoms. The van der Waals surface area contributed by atoms with Gasteiger partial charge in [-0.1, -0.05) is 0 Å². The molecule has 6 nitrogen and oxygen atoms in total. The zero-order valence-corrected chi connectivity index (χ0v) is 12.0. The minimum Gasteiger partial charge on any atom is -0.466 e. The number of hydrogen-bond donors (Lipinski definition) is 1. The van der Waals surface area contributed by atoms with Crippen LogP contribution in [0.25, 0.3) is 0 Å². The quantitative estimate of drug-likeness (QED) is 0.751. The van der Waals surface area contributed by atoms with Crippen LogP contribution in [-0.2, 0) is 19.1 Å². The van der Waals surface area contributed by atoms with Crippen LogP contribution in [0.5, 0.6) is 0 Å². The summed E-state index contributed by atoms with van der Waals surface area (Å²) >= 11 is 0. The van der Waals surface area contributed by atoms with Crippen LogP contribution in [0.2, 0.25) is 0 Å². The van der Waals surface area contributed by atoms with E-state index >= 15 is 0 Å². The van der Waals surface area contributed by atoms with Gasteiger partial charge in [-0.15, -0.1) is 0 Å². The molecule has 2 heterocycles. The first kappa shape index (κ1) is 15.3. The first-order valence-electron chi connectivity index (χ1n) is 7.46. The topological polar surface area (TPSA) is 81.9 Å². The second-order valence-corrected chi connectivity index (χ2v) is 5.41. The number of ether oxygens (including phenoxy) is 2. The smallest absolute Gasteiger partial charge is 0.309 e. The van der Waals surface area contributed by atoms with Crippen molar-refractivity contribution in [2.75, 3.05) is 26.2 Å². The molecule has 20 heavy (non-hydrogen) atoms. The van der Waals surface area contributed by atoms with E-state index in [4.69, 9.17) is 15.2 Å². The molecule has 2 saturated heterocycles. The summed E-state index contributed by atoms with van der Waals surface area (Å²) in [6, 6.07) is 0. The highest BCUT2D eigenvalue weighted by molar-refractivity contribution is 5.81. The van der Waals surface area contributed by atoms with Gasteiger partial charge in [-0.25, -0.2) is 0 Å². The van der Waals surface area contributed by atoms with E-state index in [0.29, 0.717) is 39.1 Å². The summed E-state index contributed by atoms with van der Waals surface area (Å²) in [5.41, 5.74) is 5.55. The van der Waals surface area contributed by atoms with E-state index in [1.54, 1.807) is 4.90 Å². The molecule has 0 saturated carbocycles. The highest BCUT2D eigenvalue weighted by Gasteiger charge is 2.35. The molecule has 0 radical (unpaired) electrons. The fraction of sp³-hybridized carbons (Fsp3) is 0.857. The van der Waals surface area contributed by atoms with Crippen LogP contribution in [0.15, 0.2) is 0 Å². The molecule has 114 valence electrons.